The molecule has 1 saturated carbocycles. The lowest BCUT2D eigenvalue weighted by Gasteiger charge is -2.35. The monoisotopic (exact) mass is 574 g/mol. The number of benzene rings is 2. The molecule has 3 atom stereocenters. The zero-order valence-electron chi connectivity index (χ0n) is 23.7. The molecule has 2 aromatic rings. The number of hydrogen-bond donors (Lipinski definition) is 1. The Hall–Kier alpha value is -2.45. The molecule has 4 nitrogen and oxygen atoms in total. The van der Waals surface area contributed by atoms with Gasteiger partial charge in [0.05, 0.1) is 5.56 Å². The van der Waals surface area contributed by atoms with Gasteiger partial charge in [0.2, 0.25) is 0 Å². The predicted molar refractivity (Wildman–Crippen MR) is 151 cm³/mol. The van der Waals surface area contributed by atoms with Gasteiger partial charge >= 0.3 is 12.1 Å². The van der Waals surface area contributed by atoms with Crippen LogP contribution in [-0.4, -0.2) is 59.6 Å². The summed E-state index contributed by atoms with van der Waals surface area (Å²) in [6.07, 6.45) is 4.84. The first-order valence-corrected chi connectivity index (χ1v) is 15.3. The van der Waals surface area contributed by atoms with Crippen LogP contribution in [0, 0.1) is 23.6 Å². The summed E-state index contributed by atoms with van der Waals surface area (Å²) in [7, 11) is 0. The Kier molecular flexibility index (Phi) is 9.70. The average molecular weight is 575 g/mol. The lowest BCUT2D eigenvalue weighted by atomic mass is 9.80. The molecule has 3 fully saturated rings. The number of carbonyl (C=O) groups is 1. The molecule has 41 heavy (non-hydrogen) atoms. The first kappa shape index (κ1) is 30.0. The Morgan fingerprint density at radius 1 is 0.976 bits per heavy atom. The van der Waals surface area contributed by atoms with Crippen molar-refractivity contribution in [1.29, 1.82) is 0 Å². The summed E-state index contributed by atoms with van der Waals surface area (Å²) in [6, 6.07) is 11.9. The Bertz CT molecular complexity index is 1140. The maximum Gasteiger partial charge on any atom is 0.416 e. The van der Waals surface area contributed by atoms with Gasteiger partial charge in [0, 0.05) is 25.6 Å². The van der Waals surface area contributed by atoms with E-state index in [4.69, 9.17) is 0 Å². The number of halogens is 4. The fourth-order valence-electron chi connectivity index (χ4n) is 7.15. The van der Waals surface area contributed by atoms with Crippen LogP contribution in [-0.2, 0) is 17.4 Å². The molecular formula is C33H42F4N2O2. The third-order valence-electron chi connectivity index (χ3n) is 9.81. The molecule has 1 N–H and O–H groups in total. The number of carboxylic acids is 1. The Labute approximate surface area is 240 Å². The van der Waals surface area contributed by atoms with Gasteiger partial charge in [0.25, 0.3) is 0 Å². The first-order chi connectivity index (χ1) is 19.7. The molecule has 2 heterocycles. The third-order valence-corrected chi connectivity index (χ3v) is 9.81. The number of alkyl halides is 3. The fourth-order valence-corrected chi connectivity index (χ4v) is 7.15. The minimum absolute atomic E-state index is 0.107. The van der Waals surface area contributed by atoms with E-state index in [2.05, 4.69) is 9.80 Å². The highest BCUT2D eigenvalue weighted by molar-refractivity contribution is 5.73. The fraction of sp³-hybridized carbons (Fsp3) is 0.606. The second-order valence-electron chi connectivity index (χ2n) is 12.6. The van der Waals surface area contributed by atoms with E-state index in [1.54, 1.807) is 24.3 Å². The van der Waals surface area contributed by atoms with E-state index in [0.29, 0.717) is 24.8 Å². The van der Waals surface area contributed by atoms with Gasteiger partial charge in [-0.15, -0.1) is 0 Å². The van der Waals surface area contributed by atoms with E-state index >= 15 is 0 Å². The van der Waals surface area contributed by atoms with E-state index in [0.717, 1.165) is 82.3 Å². The first-order valence-electron chi connectivity index (χ1n) is 15.3. The van der Waals surface area contributed by atoms with Crippen molar-refractivity contribution in [3.05, 3.63) is 71.0 Å². The molecule has 5 rings (SSSR count). The number of hydrogen-bond acceptors (Lipinski definition) is 3. The van der Waals surface area contributed by atoms with Crippen LogP contribution in [0.25, 0.3) is 0 Å². The molecule has 0 radical (unpaired) electrons. The van der Waals surface area contributed by atoms with Gasteiger partial charge < -0.3 is 10.0 Å². The van der Waals surface area contributed by atoms with E-state index in [-0.39, 0.29) is 17.7 Å². The molecular weight excluding hydrogens is 532 g/mol. The van der Waals surface area contributed by atoms with Gasteiger partial charge in [-0.1, -0.05) is 49.9 Å². The largest absolute Gasteiger partial charge is 0.480 e. The molecule has 0 aromatic heterocycles. The standard InChI is InChI=1S/C33H42F4N2O2/c34-29-9-3-8-26(19-29)30-22-39(31(32(40)41)18-25-6-2-7-25)21-27(30)20-38-16-14-24(15-17-38)5-1-4-23-10-12-28(13-11-23)33(35,36)37/h3,8-13,19,24-25,27,30-31H,1-2,4-7,14-18,20-22H2,(H,40,41)/t27-,30+,31+/m0/s1. The van der Waals surface area contributed by atoms with Crippen molar-refractivity contribution in [3.8, 4) is 0 Å². The van der Waals surface area contributed by atoms with Gasteiger partial charge in [0.1, 0.15) is 11.9 Å². The zero-order valence-corrected chi connectivity index (χ0v) is 23.7. The van der Waals surface area contributed by atoms with Crippen molar-refractivity contribution in [2.75, 3.05) is 32.7 Å². The predicted octanol–water partition coefficient (Wildman–Crippen LogP) is 7.24. The summed E-state index contributed by atoms with van der Waals surface area (Å²) in [5, 5.41) is 10.1. The summed E-state index contributed by atoms with van der Waals surface area (Å²) in [5.74, 6) is 0.472. The molecule has 1 aliphatic carbocycles. The van der Waals surface area contributed by atoms with Gasteiger partial charge in [-0.3, -0.25) is 9.69 Å². The number of piperidine rings is 1. The van der Waals surface area contributed by atoms with Crippen LogP contribution in [0.2, 0.25) is 0 Å². The van der Waals surface area contributed by atoms with Crippen LogP contribution < -0.4 is 0 Å². The Morgan fingerprint density at radius 3 is 2.32 bits per heavy atom. The van der Waals surface area contributed by atoms with Crippen molar-refractivity contribution in [1.82, 2.24) is 9.80 Å². The van der Waals surface area contributed by atoms with Crippen molar-refractivity contribution in [2.45, 2.75) is 75.9 Å². The highest BCUT2D eigenvalue weighted by atomic mass is 19.4. The van der Waals surface area contributed by atoms with E-state index in [1.165, 1.54) is 24.6 Å². The molecule has 2 aliphatic heterocycles. The number of aryl methyl sites for hydroxylation is 1. The van der Waals surface area contributed by atoms with Crippen LogP contribution in [0.5, 0.6) is 0 Å². The number of nitrogens with zero attached hydrogens (tertiary/aromatic N) is 2. The quantitative estimate of drug-likeness (QED) is 0.288. The molecule has 2 saturated heterocycles. The maximum atomic E-state index is 14.2. The van der Waals surface area contributed by atoms with Crippen LogP contribution in [0.15, 0.2) is 48.5 Å². The molecule has 0 bridgehead atoms. The van der Waals surface area contributed by atoms with Crippen LogP contribution in [0.3, 0.4) is 0 Å². The number of rotatable bonds is 11. The third kappa shape index (κ3) is 7.89. The van der Waals surface area contributed by atoms with Crippen LogP contribution >= 0.6 is 0 Å². The van der Waals surface area contributed by atoms with Gasteiger partial charge in [-0.25, -0.2) is 4.39 Å². The second kappa shape index (κ2) is 13.2. The summed E-state index contributed by atoms with van der Waals surface area (Å²) < 4.78 is 52.6. The highest BCUT2D eigenvalue weighted by Crippen LogP contribution is 2.39. The maximum absolute atomic E-state index is 14.2. The van der Waals surface area contributed by atoms with Gasteiger partial charge in [-0.2, -0.15) is 13.2 Å². The summed E-state index contributed by atoms with van der Waals surface area (Å²) in [6.45, 7) is 4.23. The summed E-state index contributed by atoms with van der Waals surface area (Å²) in [5.41, 5.74) is 1.31. The topological polar surface area (TPSA) is 43.8 Å². The molecule has 3 aliphatic rings. The molecule has 0 amide bonds. The smallest absolute Gasteiger partial charge is 0.416 e. The lowest BCUT2D eigenvalue weighted by Crippen LogP contribution is -2.43. The van der Waals surface area contributed by atoms with E-state index < -0.39 is 23.8 Å². The van der Waals surface area contributed by atoms with Gasteiger partial charge in [-0.05, 0) is 98.3 Å². The Morgan fingerprint density at radius 2 is 1.71 bits per heavy atom. The van der Waals surface area contributed by atoms with E-state index in [9.17, 15) is 27.5 Å². The number of likely N-dealkylation sites (tertiary alicyclic amines) is 2. The molecule has 2 aromatic carbocycles. The lowest BCUT2D eigenvalue weighted by molar-refractivity contribution is -0.144. The summed E-state index contributed by atoms with van der Waals surface area (Å²) in [4.78, 5) is 16.9. The molecule has 8 heteroatoms. The van der Waals surface area contributed by atoms with Gasteiger partial charge in [0.15, 0.2) is 0 Å². The Balaban J connectivity index is 1.13. The van der Waals surface area contributed by atoms with Crippen LogP contribution in [0.1, 0.15) is 74.0 Å². The van der Waals surface area contributed by atoms with E-state index in [1.807, 2.05) is 6.07 Å². The minimum Gasteiger partial charge on any atom is -0.480 e. The molecule has 0 unspecified atom stereocenters. The highest BCUT2D eigenvalue weighted by Gasteiger charge is 2.41. The number of carboxylic acid groups (broad SMARTS) is 1. The summed E-state index contributed by atoms with van der Waals surface area (Å²) >= 11 is 0. The number of aliphatic carboxylic acids is 1. The SMILES string of the molecule is O=C(O)[C@@H](CC1CCC1)N1C[C@H](CN2CCC(CCCc3ccc(C(F)(F)F)cc3)CC2)[C@@H](c2cccc(F)c2)C1. The second-order valence-corrected chi connectivity index (χ2v) is 12.6. The minimum atomic E-state index is -4.30. The van der Waals surface area contributed by atoms with Crippen molar-refractivity contribution >= 4 is 5.97 Å². The normalized spacial score (nSPS) is 23.9. The van der Waals surface area contributed by atoms with Crippen LogP contribution in [0.4, 0.5) is 17.6 Å². The van der Waals surface area contributed by atoms with Crippen molar-refractivity contribution in [2.24, 2.45) is 17.8 Å². The van der Waals surface area contributed by atoms with Crippen molar-refractivity contribution < 1.29 is 27.5 Å². The molecule has 224 valence electrons. The van der Waals surface area contributed by atoms with Crippen molar-refractivity contribution in [3.63, 3.8) is 0 Å². The zero-order chi connectivity index (χ0) is 29.0. The molecule has 0 spiro atoms. The average Bonchev–Trinajstić information content (AvgIpc) is 3.32.